The van der Waals surface area contributed by atoms with Crippen LogP contribution in [0.1, 0.15) is 19.5 Å². The molecule has 0 aliphatic heterocycles. The number of methoxy groups -OCH3 is 1. The fourth-order valence-corrected chi connectivity index (χ4v) is 2.28. The molecule has 1 rings (SSSR count). The Bertz CT molecular complexity index is 288. The number of hydrogen-bond donors (Lipinski definition) is 1. The molecule has 0 radical (unpaired) electrons. The second kappa shape index (κ2) is 6.05. The molecule has 1 aromatic rings. The lowest BCUT2D eigenvalue weighted by Gasteiger charge is -2.25. The number of hydrogen-bond acceptors (Lipinski definition) is 5. The molecule has 0 bridgehead atoms. The fraction of sp³-hybridized carbons (Fsp3) is 0.700. The normalized spacial score (nSPS) is 11.0. The molecule has 0 fully saturated rings. The third-order valence-electron chi connectivity index (χ3n) is 2.15. The molecular formula is C10H19N3OS. The van der Waals surface area contributed by atoms with Crippen molar-refractivity contribution in [1.29, 1.82) is 0 Å². The average Bonchev–Trinajstić information content (AvgIpc) is 2.66. The summed E-state index contributed by atoms with van der Waals surface area (Å²) in [6.45, 7) is 6.40. The SMILES string of the molecule is COCCN(c1nc(CN)cs1)C(C)C. The van der Waals surface area contributed by atoms with Crippen LogP contribution in [-0.2, 0) is 11.3 Å². The minimum atomic E-state index is 0.428. The number of ether oxygens (including phenoxy) is 1. The van der Waals surface area contributed by atoms with Crippen molar-refractivity contribution in [2.75, 3.05) is 25.2 Å². The number of rotatable bonds is 6. The van der Waals surface area contributed by atoms with Crippen LogP contribution in [0.15, 0.2) is 5.38 Å². The largest absolute Gasteiger partial charge is 0.383 e. The maximum absolute atomic E-state index is 5.54. The molecule has 0 unspecified atom stereocenters. The molecule has 2 N–H and O–H groups in total. The van der Waals surface area contributed by atoms with Crippen molar-refractivity contribution < 1.29 is 4.74 Å². The van der Waals surface area contributed by atoms with Gasteiger partial charge in [0.2, 0.25) is 0 Å². The van der Waals surface area contributed by atoms with E-state index in [0.717, 1.165) is 24.0 Å². The zero-order valence-corrected chi connectivity index (χ0v) is 10.4. The van der Waals surface area contributed by atoms with Gasteiger partial charge in [-0.3, -0.25) is 0 Å². The van der Waals surface area contributed by atoms with Crippen LogP contribution in [0.3, 0.4) is 0 Å². The highest BCUT2D eigenvalue weighted by Crippen LogP contribution is 2.22. The van der Waals surface area contributed by atoms with Gasteiger partial charge in [-0.25, -0.2) is 4.98 Å². The summed E-state index contributed by atoms with van der Waals surface area (Å²) in [7, 11) is 1.71. The van der Waals surface area contributed by atoms with Gasteiger partial charge in [0.15, 0.2) is 5.13 Å². The summed E-state index contributed by atoms with van der Waals surface area (Å²) < 4.78 is 5.09. The summed E-state index contributed by atoms with van der Waals surface area (Å²) in [6, 6.07) is 0.428. The zero-order chi connectivity index (χ0) is 11.3. The summed E-state index contributed by atoms with van der Waals surface area (Å²) in [4.78, 5) is 6.70. The van der Waals surface area contributed by atoms with Gasteiger partial charge in [0, 0.05) is 31.6 Å². The van der Waals surface area contributed by atoms with E-state index in [1.54, 1.807) is 18.4 Å². The Morgan fingerprint density at radius 3 is 2.80 bits per heavy atom. The maximum atomic E-state index is 5.54. The molecule has 4 nitrogen and oxygen atoms in total. The van der Waals surface area contributed by atoms with Crippen molar-refractivity contribution in [1.82, 2.24) is 4.98 Å². The van der Waals surface area contributed by atoms with Gasteiger partial charge < -0.3 is 15.4 Å². The Hall–Kier alpha value is -0.650. The number of anilines is 1. The van der Waals surface area contributed by atoms with Gasteiger partial charge in [-0.1, -0.05) is 0 Å². The van der Waals surface area contributed by atoms with E-state index < -0.39 is 0 Å². The second-order valence-corrected chi connectivity index (χ2v) is 4.44. The van der Waals surface area contributed by atoms with E-state index in [1.807, 2.05) is 5.38 Å². The second-order valence-electron chi connectivity index (χ2n) is 3.61. The van der Waals surface area contributed by atoms with E-state index in [2.05, 4.69) is 23.7 Å². The van der Waals surface area contributed by atoms with Gasteiger partial charge in [-0.15, -0.1) is 11.3 Å². The number of nitrogens with two attached hydrogens (primary N) is 1. The third kappa shape index (κ3) is 3.44. The third-order valence-corrected chi connectivity index (χ3v) is 3.08. The first kappa shape index (κ1) is 12.4. The molecule has 1 aromatic heterocycles. The highest BCUT2D eigenvalue weighted by molar-refractivity contribution is 7.13. The monoisotopic (exact) mass is 229 g/mol. The molecule has 86 valence electrons. The van der Waals surface area contributed by atoms with Crippen molar-refractivity contribution in [3.63, 3.8) is 0 Å². The van der Waals surface area contributed by atoms with Crippen LogP contribution in [0.25, 0.3) is 0 Å². The maximum Gasteiger partial charge on any atom is 0.185 e. The van der Waals surface area contributed by atoms with Gasteiger partial charge in [-0.05, 0) is 13.8 Å². The molecule has 15 heavy (non-hydrogen) atoms. The van der Waals surface area contributed by atoms with Gasteiger partial charge >= 0.3 is 0 Å². The molecule has 0 saturated heterocycles. The van der Waals surface area contributed by atoms with Crippen molar-refractivity contribution in [2.24, 2.45) is 5.73 Å². The van der Waals surface area contributed by atoms with Crippen LogP contribution in [0.5, 0.6) is 0 Å². The summed E-state index contributed by atoms with van der Waals surface area (Å²) in [5.74, 6) is 0. The fourth-order valence-electron chi connectivity index (χ4n) is 1.29. The topological polar surface area (TPSA) is 51.4 Å². The molecular weight excluding hydrogens is 210 g/mol. The minimum Gasteiger partial charge on any atom is -0.383 e. The minimum absolute atomic E-state index is 0.428. The van der Waals surface area contributed by atoms with Crippen LogP contribution >= 0.6 is 11.3 Å². The molecule has 0 aliphatic carbocycles. The van der Waals surface area contributed by atoms with Gasteiger partial charge in [0.05, 0.1) is 12.3 Å². The predicted molar refractivity (Wildman–Crippen MR) is 64.4 cm³/mol. The summed E-state index contributed by atoms with van der Waals surface area (Å²) in [5, 5.41) is 3.04. The van der Waals surface area contributed by atoms with Gasteiger partial charge in [0.1, 0.15) is 0 Å². The van der Waals surface area contributed by atoms with E-state index in [9.17, 15) is 0 Å². The van der Waals surface area contributed by atoms with Crippen molar-refractivity contribution >= 4 is 16.5 Å². The Balaban J connectivity index is 2.70. The van der Waals surface area contributed by atoms with E-state index in [-0.39, 0.29) is 0 Å². The Kier molecular flexibility index (Phi) is 5.01. The molecule has 0 atom stereocenters. The molecule has 0 saturated carbocycles. The first-order chi connectivity index (χ1) is 7.19. The van der Waals surface area contributed by atoms with Gasteiger partial charge in [0.25, 0.3) is 0 Å². The lowest BCUT2D eigenvalue weighted by molar-refractivity contribution is 0.204. The first-order valence-corrected chi connectivity index (χ1v) is 5.97. The summed E-state index contributed by atoms with van der Waals surface area (Å²) in [6.07, 6.45) is 0. The van der Waals surface area contributed by atoms with E-state index in [4.69, 9.17) is 10.5 Å². The molecule has 0 aromatic carbocycles. The molecule has 5 heteroatoms. The van der Waals surface area contributed by atoms with Crippen LogP contribution in [0.4, 0.5) is 5.13 Å². The number of aromatic nitrogens is 1. The van der Waals surface area contributed by atoms with Crippen molar-refractivity contribution in [2.45, 2.75) is 26.4 Å². The van der Waals surface area contributed by atoms with Crippen LogP contribution in [0.2, 0.25) is 0 Å². The highest BCUT2D eigenvalue weighted by Gasteiger charge is 2.13. The zero-order valence-electron chi connectivity index (χ0n) is 9.56. The summed E-state index contributed by atoms with van der Waals surface area (Å²) in [5.41, 5.74) is 6.50. The Labute approximate surface area is 95.1 Å². The van der Waals surface area contributed by atoms with Crippen LogP contribution in [0, 0.1) is 0 Å². The van der Waals surface area contributed by atoms with E-state index >= 15 is 0 Å². The van der Waals surface area contributed by atoms with E-state index in [0.29, 0.717) is 12.6 Å². The van der Waals surface area contributed by atoms with Gasteiger partial charge in [-0.2, -0.15) is 0 Å². The molecule has 0 amide bonds. The van der Waals surface area contributed by atoms with E-state index in [1.165, 1.54) is 0 Å². The predicted octanol–water partition coefficient (Wildman–Crippen LogP) is 1.46. The number of nitrogens with zero attached hydrogens (tertiary/aromatic N) is 2. The summed E-state index contributed by atoms with van der Waals surface area (Å²) >= 11 is 1.64. The molecule has 0 spiro atoms. The Morgan fingerprint density at radius 2 is 2.33 bits per heavy atom. The highest BCUT2D eigenvalue weighted by atomic mass is 32.1. The van der Waals surface area contributed by atoms with Crippen molar-refractivity contribution in [3.8, 4) is 0 Å². The first-order valence-electron chi connectivity index (χ1n) is 5.09. The smallest absolute Gasteiger partial charge is 0.185 e. The quantitative estimate of drug-likeness (QED) is 0.802. The standard InChI is InChI=1S/C10H19N3OS/c1-8(2)13(4-5-14-3)10-12-9(6-11)7-15-10/h7-8H,4-6,11H2,1-3H3. The Morgan fingerprint density at radius 1 is 1.60 bits per heavy atom. The molecule has 1 heterocycles. The lowest BCUT2D eigenvalue weighted by Crippen LogP contribution is -2.33. The van der Waals surface area contributed by atoms with Crippen molar-refractivity contribution in [3.05, 3.63) is 11.1 Å². The number of thiazole rings is 1. The van der Waals surface area contributed by atoms with Crippen LogP contribution in [-0.4, -0.2) is 31.3 Å². The lowest BCUT2D eigenvalue weighted by atomic mass is 10.3. The average molecular weight is 229 g/mol. The molecule has 0 aliphatic rings. The van der Waals surface area contributed by atoms with Crippen LogP contribution < -0.4 is 10.6 Å².